The monoisotopic (exact) mass is 426 g/mol. The first-order valence-corrected chi connectivity index (χ1v) is 10.9. The number of aromatic nitrogens is 2. The second-order valence-corrected chi connectivity index (χ2v) is 9.53. The van der Waals surface area contributed by atoms with E-state index in [9.17, 15) is 14.4 Å². The summed E-state index contributed by atoms with van der Waals surface area (Å²) in [5.41, 5.74) is 2.40. The number of aryl methyl sites for hydroxylation is 1. The molecule has 4 rings (SSSR count). The van der Waals surface area contributed by atoms with Crippen molar-refractivity contribution in [3.05, 3.63) is 29.5 Å². The van der Waals surface area contributed by atoms with Crippen LogP contribution >= 0.6 is 0 Å². The van der Waals surface area contributed by atoms with Crippen LogP contribution in [0.4, 0.5) is 4.79 Å². The SMILES string of the molecule is Cn1nc(C2CCC(=O)NC2=O)c2cc(C3CCN(C(=O)OC(C)(C)C)CC3)ccc21. The maximum absolute atomic E-state index is 12.4. The molecule has 1 unspecified atom stereocenters. The number of imide groups is 1. The van der Waals surface area contributed by atoms with Crippen LogP contribution in [-0.4, -0.2) is 51.3 Å². The fourth-order valence-corrected chi connectivity index (χ4v) is 4.50. The Kier molecular flexibility index (Phi) is 5.49. The smallest absolute Gasteiger partial charge is 0.410 e. The summed E-state index contributed by atoms with van der Waals surface area (Å²) in [6.07, 6.45) is 2.28. The Labute approximate surface area is 181 Å². The van der Waals surface area contributed by atoms with Gasteiger partial charge in [-0.25, -0.2) is 4.79 Å². The Balaban J connectivity index is 1.53. The molecule has 1 aromatic heterocycles. The number of benzene rings is 1. The first-order valence-electron chi connectivity index (χ1n) is 10.9. The van der Waals surface area contributed by atoms with Crippen molar-refractivity contribution in [2.45, 2.75) is 63.9 Å². The Bertz CT molecular complexity index is 1030. The molecule has 8 nitrogen and oxygen atoms in total. The van der Waals surface area contributed by atoms with Gasteiger partial charge in [-0.1, -0.05) is 6.07 Å². The molecular weight excluding hydrogens is 396 g/mol. The average molecular weight is 427 g/mol. The first kappa shape index (κ1) is 21.3. The number of hydrogen-bond acceptors (Lipinski definition) is 5. The van der Waals surface area contributed by atoms with Crippen LogP contribution in [0, 0.1) is 0 Å². The summed E-state index contributed by atoms with van der Waals surface area (Å²) in [7, 11) is 1.87. The van der Waals surface area contributed by atoms with Crippen LogP contribution in [0.3, 0.4) is 0 Å². The summed E-state index contributed by atoms with van der Waals surface area (Å²) in [6.45, 7) is 6.94. The number of carbonyl (C=O) groups excluding carboxylic acids is 3. The molecule has 2 aliphatic heterocycles. The zero-order valence-electron chi connectivity index (χ0n) is 18.6. The number of carbonyl (C=O) groups is 3. The topological polar surface area (TPSA) is 93.5 Å². The van der Waals surface area contributed by atoms with Crippen molar-refractivity contribution in [2.24, 2.45) is 7.05 Å². The van der Waals surface area contributed by atoms with Gasteiger partial charge >= 0.3 is 6.09 Å². The third-order valence-corrected chi connectivity index (χ3v) is 6.09. The fraction of sp³-hybridized carbons (Fsp3) is 0.565. The van der Waals surface area contributed by atoms with Crippen molar-refractivity contribution in [1.82, 2.24) is 20.0 Å². The molecule has 2 aliphatic rings. The quantitative estimate of drug-likeness (QED) is 0.745. The summed E-state index contributed by atoms with van der Waals surface area (Å²) in [6, 6.07) is 6.30. The van der Waals surface area contributed by atoms with Crippen LogP contribution in [0.2, 0.25) is 0 Å². The number of hydrogen-bond donors (Lipinski definition) is 1. The molecule has 166 valence electrons. The van der Waals surface area contributed by atoms with Gasteiger partial charge in [0.1, 0.15) is 5.60 Å². The molecule has 1 atom stereocenters. The molecule has 1 aromatic carbocycles. The van der Waals surface area contributed by atoms with E-state index >= 15 is 0 Å². The highest BCUT2D eigenvalue weighted by Gasteiger charge is 2.32. The number of piperidine rings is 2. The Hall–Kier alpha value is -2.90. The normalized spacial score (nSPS) is 20.8. The number of ether oxygens (including phenoxy) is 1. The highest BCUT2D eigenvalue weighted by molar-refractivity contribution is 6.02. The van der Waals surface area contributed by atoms with Gasteiger partial charge in [-0.2, -0.15) is 5.10 Å². The lowest BCUT2D eigenvalue weighted by Crippen LogP contribution is -2.41. The molecule has 0 saturated carbocycles. The van der Waals surface area contributed by atoms with Crippen LogP contribution in [0.5, 0.6) is 0 Å². The first-order chi connectivity index (χ1) is 14.6. The molecule has 31 heavy (non-hydrogen) atoms. The van der Waals surface area contributed by atoms with E-state index in [-0.39, 0.29) is 17.9 Å². The fourth-order valence-electron chi connectivity index (χ4n) is 4.50. The van der Waals surface area contributed by atoms with Crippen LogP contribution < -0.4 is 5.32 Å². The molecule has 2 aromatic rings. The highest BCUT2D eigenvalue weighted by atomic mass is 16.6. The third kappa shape index (κ3) is 4.43. The average Bonchev–Trinajstić information content (AvgIpc) is 3.02. The van der Waals surface area contributed by atoms with E-state index in [2.05, 4.69) is 22.5 Å². The van der Waals surface area contributed by atoms with Crippen LogP contribution in [0.1, 0.15) is 69.5 Å². The predicted molar refractivity (Wildman–Crippen MR) is 116 cm³/mol. The van der Waals surface area contributed by atoms with Crippen LogP contribution in [0.25, 0.3) is 10.9 Å². The lowest BCUT2D eigenvalue weighted by Gasteiger charge is -2.33. The van der Waals surface area contributed by atoms with E-state index in [1.54, 1.807) is 9.58 Å². The maximum atomic E-state index is 12.4. The van der Waals surface area contributed by atoms with E-state index in [1.807, 2.05) is 33.9 Å². The highest BCUT2D eigenvalue weighted by Crippen LogP contribution is 2.35. The van der Waals surface area contributed by atoms with E-state index in [0.717, 1.165) is 29.4 Å². The minimum Gasteiger partial charge on any atom is -0.444 e. The van der Waals surface area contributed by atoms with Crippen molar-refractivity contribution in [3.8, 4) is 0 Å². The van der Waals surface area contributed by atoms with Crippen molar-refractivity contribution >= 4 is 28.8 Å². The third-order valence-electron chi connectivity index (χ3n) is 6.09. The predicted octanol–water partition coefficient (Wildman–Crippen LogP) is 3.21. The second-order valence-electron chi connectivity index (χ2n) is 9.53. The molecule has 0 aliphatic carbocycles. The Morgan fingerprint density at radius 3 is 2.52 bits per heavy atom. The number of rotatable bonds is 2. The molecule has 1 N–H and O–H groups in total. The van der Waals surface area contributed by atoms with Gasteiger partial charge in [0.2, 0.25) is 11.8 Å². The van der Waals surface area contributed by atoms with Gasteiger partial charge in [0.15, 0.2) is 0 Å². The number of nitrogens with zero attached hydrogens (tertiary/aromatic N) is 3. The van der Waals surface area contributed by atoms with E-state index < -0.39 is 11.5 Å². The Morgan fingerprint density at radius 2 is 1.87 bits per heavy atom. The molecule has 3 heterocycles. The van der Waals surface area contributed by atoms with Gasteiger partial charge in [0.25, 0.3) is 0 Å². The van der Waals surface area contributed by atoms with Crippen LogP contribution in [0.15, 0.2) is 18.2 Å². The standard InChI is InChI=1S/C23H30N4O4/c1-23(2,3)31-22(30)27-11-9-14(10-12-27)15-5-7-18-17(13-15)20(25-26(18)4)16-6-8-19(28)24-21(16)29/h5,7,13-14,16H,6,8-12H2,1-4H3,(H,24,28,29). The number of amides is 3. The van der Waals surface area contributed by atoms with Crippen molar-refractivity contribution < 1.29 is 19.1 Å². The molecule has 3 amide bonds. The molecule has 0 spiro atoms. The summed E-state index contributed by atoms with van der Waals surface area (Å²) in [5, 5.41) is 8.02. The summed E-state index contributed by atoms with van der Waals surface area (Å²) in [4.78, 5) is 38.1. The van der Waals surface area contributed by atoms with E-state index in [0.29, 0.717) is 31.8 Å². The second kappa shape index (κ2) is 7.98. The van der Waals surface area contributed by atoms with Gasteiger partial charge in [-0.05, 0) is 63.6 Å². The Morgan fingerprint density at radius 1 is 1.16 bits per heavy atom. The van der Waals surface area contributed by atoms with Gasteiger partial charge in [-0.3, -0.25) is 19.6 Å². The van der Waals surface area contributed by atoms with Gasteiger partial charge < -0.3 is 9.64 Å². The zero-order valence-corrected chi connectivity index (χ0v) is 18.6. The van der Waals surface area contributed by atoms with Crippen LogP contribution in [-0.2, 0) is 21.4 Å². The molecule has 0 radical (unpaired) electrons. The van der Waals surface area contributed by atoms with Gasteiger partial charge in [0, 0.05) is 31.9 Å². The zero-order chi connectivity index (χ0) is 22.3. The summed E-state index contributed by atoms with van der Waals surface area (Å²) >= 11 is 0. The van der Waals surface area contributed by atoms with Gasteiger partial charge in [-0.15, -0.1) is 0 Å². The van der Waals surface area contributed by atoms with E-state index in [1.165, 1.54) is 5.56 Å². The van der Waals surface area contributed by atoms with Crippen molar-refractivity contribution in [2.75, 3.05) is 13.1 Å². The van der Waals surface area contributed by atoms with Crippen molar-refractivity contribution in [3.63, 3.8) is 0 Å². The summed E-state index contributed by atoms with van der Waals surface area (Å²) in [5.74, 6) is -0.574. The molecule has 8 heteroatoms. The summed E-state index contributed by atoms with van der Waals surface area (Å²) < 4.78 is 7.29. The molecule has 2 saturated heterocycles. The molecule has 0 bridgehead atoms. The maximum Gasteiger partial charge on any atom is 0.410 e. The van der Waals surface area contributed by atoms with Gasteiger partial charge in [0.05, 0.1) is 17.1 Å². The number of nitrogens with one attached hydrogen (secondary N) is 1. The number of likely N-dealkylation sites (tertiary alicyclic amines) is 1. The molecule has 2 fully saturated rings. The van der Waals surface area contributed by atoms with Crippen molar-refractivity contribution in [1.29, 1.82) is 0 Å². The number of fused-ring (bicyclic) bond motifs is 1. The minimum atomic E-state index is -0.494. The molecular formula is C23H30N4O4. The lowest BCUT2D eigenvalue weighted by atomic mass is 9.87. The van der Waals surface area contributed by atoms with E-state index in [4.69, 9.17) is 4.74 Å². The lowest BCUT2D eigenvalue weighted by molar-refractivity contribution is -0.134. The minimum absolute atomic E-state index is 0.223. The largest absolute Gasteiger partial charge is 0.444 e.